The first-order chi connectivity index (χ1) is 11.6. The van der Waals surface area contributed by atoms with Gasteiger partial charge in [0.15, 0.2) is 0 Å². The third-order valence-electron chi connectivity index (χ3n) is 4.84. The van der Waals surface area contributed by atoms with E-state index in [9.17, 15) is 4.79 Å². The largest absolute Gasteiger partial charge is 0.336 e. The van der Waals surface area contributed by atoms with Gasteiger partial charge in [0.2, 0.25) is 0 Å². The zero-order chi connectivity index (χ0) is 17.1. The van der Waals surface area contributed by atoms with Crippen LogP contribution in [-0.4, -0.2) is 38.2 Å². The number of benzene rings is 1. The minimum absolute atomic E-state index is 0.168. The van der Waals surface area contributed by atoms with Gasteiger partial charge in [-0.2, -0.15) is 0 Å². The number of carbonyl (C=O) groups is 1. The Balaban J connectivity index is 1.69. The van der Waals surface area contributed by atoms with E-state index in [4.69, 9.17) is 0 Å². The first kappa shape index (κ1) is 16.7. The van der Waals surface area contributed by atoms with Crippen LogP contribution in [0.4, 0.5) is 0 Å². The van der Waals surface area contributed by atoms with Gasteiger partial charge in [0.05, 0.1) is 0 Å². The van der Waals surface area contributed by atoms with E-state index in [1.54, 1.807) is 6.33 Å². The summed E-state index contributed by atoms with van der Waals surface area (Å²) in [5.74, 6) is 1.18. The number of amides is 1. The zero-order valence-corrected chi connectivity index (χ0v) is 14.8. The standard InChI is InChI=1S/C19H26N4O/c1-4-22-13-20-21-18(22)8-7-17-6-5-9-23(17)19(24)16-11-14(2)10-15(3)12-16/h10-13,17H,4-9H2,1-3H3. The Labute approximate surface area is 143 Å². The lowest BCUT2D eigenvalue weighted by atomic mass is 10.0. The number of aromatic nitrogens is 3. The fraction of sp³-hybridized carbons (Fsp3) is 0.526. The lowest BCUT2D eigenvalue weighted by Crippen LogP contribution is -2.36. The molecule has 1 fully saturated rings. The number of rotatable bonds is 5. The van der Waals surface area contributed by atoms with Gasteiger partial charge in [0.1, 0.15) is 12.2 Å². The van der Waals surface area contributed by atoms with Gasteiger partial charge in [-0.15, -0.1) is 10.2 Å². The van der Waals surface area contributed by atoms with Gasteiger partial charge in [-0.05, 0) is 52.2 Å². The summed E-state index contributed by atoms with van der Waals surface area (Å²) in [4.78, 5) is 15.0. The van der Waals surface area contributed by atoms with Crippen LogP contribution in [0.3, 0.4) is 0 Å². The van der Waals surface area contributed by atoms with E-state index in [0.29, 0.717) is 6.04 Å². The Morgan fingerprint density at radius 1 is 1.25 bits per heavy atom. The van der Waals surface area contributed by atoms with E-state index < -0.39 is 0 Å². The molecule has 0 N–H and O–H groups in total. The maximum absolute atomic E-state index is 12.9. The van der Waals surface area contributed by atoms with Crippen molar-refractivity contribution in [3.05, 3.63) is 47.0 Å². The van der Waals surface area contributed by atoms with Gasteiger partial charge >= 0.3 is 0 Å². The molecule has 1 amide bonds. The van der Waals surface area contributed by atoms with Crippen LogP contribution in [0.2, 0.25) is 0 Å². The summed E-state index contributed by atoms with van der Waals surface area (Å²) in [5, 5.41) is 8.20. The van der Waals surface area contributed by atoms with Crippen LogP contribution in [0.5, 0.6) is 0 Å². The lowest BCUT2D eigenvalue weighted by Gasteiger charge is -2.25. The van der Waals surface area contributed by atoms with Crippen molar-refractivity contribution in [2.45, 2.75) is 59.0 Å². The van der Waals surface area contributed by atoms with Gasteiger partial charge in [0.25, 0.3) is 5.91 Å². The van der Waals surface area contributed by atoms with Crippen molar-refractivity contribution in [1.82, 2.24) is 19.7 Å². The topological polar surface area (TPSA) is 51.0 Å². The maximum atomic E-state index is 12.9. The molecule has 0 bridgehead atoms. The highest BCUT2D eigenvalue weighted by molar-refractivity contribution is 5.95. The summed E-state index contributed by atoms with van der Waals surface area (Å²) in [6.07, 6.45) is 5.77. The SMILES string of the molecule is CCn1cnnc1CCC1CCCN1C(=O)c1cc(C)cc(C)c1. The third-order valence-corrected chi connectivity index (χ3v) is 4.84. The minimum Gasteiger partial charge on any atom is -0.336 e. The van der Waals surface area contributed by atoms with Crippen LogP contribution in [0.15, 0.2) is 24.5 Å². The van der Waals surface area contributed by atoms with E-state index in [2.05, 4.69) is 32.7 Å². The summed E-state index contributed by atoms with van der Waals surface area (Å²) in [6.45, 7) is 7.93. The molecule has 0 aliphatic carbocycles. The molecule has 1 saturated heterocycles. The van der Waals surface area contributed by atoms with Crippen LogP contribution in [0, 0.1) is 13.8 Å². The Bertz CT molecular complexity index is 702. The molecule has 5 heteroatoms. The van der Waals surface area contributed by atoms with Crippen molar-refractivity contribution < 1.29 is 4.79 Å². The molecule has 5 nitrogen and oxygen atoms in total. The van der Waals surface area contributed by atoms with Gasteiger partial charge < -0.3 is 9.47 Å². The third kappa shape index (κ3) is 3.50. The predicted molar refractivity (Wildman–Crippen MR) is 94.0 cm³/mol. The zero-order valence-electron chi connectivity index (χ0n) is 14.8. The number of likely N-dealkylation sites (tertiary alicyclic amines) is 1. The van der Waals surface area contributed by atoms with Crippen molar-refractivity contribution in [1.29, 1.82) is 0 Å². The van der Waals surface area contributed by atoms with Crippen LogP contribution in [-0.2, 0) is 13.0 Å². The number of nitrogens with zero attached hydrogens (tertiary/aromatic N) is 4. The lowest BCUT2D eigenvalue weighted by molar-refractivity contribution is 0.0730. The molecule has 0 saturated carbocycles. The Kier molecular flexibility index (Phi) is 4.97. The van der Waals surface area contributed by atoms with Gasteiger partial charge in [-0.3, -0.25) is 4.79 Å². The van der Waals surface area contributed by atoms with Crippen LogP contribution < -0.4 is 0 Å². The molecule has 3 rings (SSSR count). The first-order valence-corrected chi connectivity index (χ1v) is 8.84. The molecule has 0 radical (unpaired) electrons. The van der Waals surface area contributed by atoms with E-state index in [0.717, 1.165) is 61.3 Å². The van der Waals surface area contributed by atoms with Crippen molar-refractivity contribution in [3.8, 4) is 0 Å². The van der Waals surface area contributed by atoms with Crippen molar-refractivity contribution in [2.24, 2.45) is 0 Å². The second kappa shape index (κ2) is 7.16. The quantitative estimate of drug-likeness (QED) is 0.848. The highest BCUT2D eigenvalue weighted by Crippen LogP contribution is 2.24. The van der Waals surface area contributed by atoms with E-state index in [-0.39, 0.29) is 5.91 Å². The Morgan fingerprint density at radius 3 is 2.71 bits per heavy atom. The fourth-order valence-electron chi connectivity index (χ4n) is 3.70. The number of hydrogen-bond donors (Lipinski definition) is 0. The average Bonchev–Trinajstić information content (AvgIpc) is 3.19. The van der Waals surface area contributed by atoms with Crippen LogP contribution in [0.25, 0.3) is 0 Å². The monoisotopic (exact) mass is 326 g/mol. The molecule has 1 unspecified atom stereocenters. The van der Waals surface area contributed by atoms with Gasteiger partial charge in [0, 0.05) is 31.1 Å². The summed E-state index contributed by atoms with van der Waals surface area (Å²) in [7, 11) is 0. The maximum Gasteiger partial charge on any atom is 0.254 e. The molecule has 2 aromatic rings. The molecule has 1 aromatic carbocycles. The van der Waals surface area contributed by atoms with Crippen LogP contribution in [0.1, 0.15) is 53.5 Å². The number of carbonyl (C=O) groups excluding carboxylic acids is 1. The second-order valence-corrected chi connectivity index (χ2v) is 6.74. The molecule has 1 atom stereocenters. The molecule has 2 heterocycles. The summed E-state index contributed by atoms with van der Waals surface area (Å²) in [6, 6.07) is 6.41. The molecular formula is C19H26N4O. The Hall–Kier alpha value is -2.17. The smallest absolute Gasteiger partial charge is 0.254 e. The second-order valence-electron chi connectivity index (χ2n) is 6.74. The van der Waals surface area contributed by atoms with E-state index in [1.807, 2.05) is 26.0 Å². The molecule has 128 valence electrons. The van der Waals surface area contributed by atoms with E-state index in [1.165, 1.54) is 0 Å². The van der Waals surface area contributed by atoms with Gasteiger partial charge in [-0.25, -0.2) is 0 Å². The first-order valence-electron chi connectivity index (χ1n) is 8.84. The predicted octanol–water partition coefficient (Wildman–Crippen LogP) is 3.15. The van der Waals surface area contributed by atoms with Crippen LogP contribution >= 0.6 is 0 Å². The molecule has 1 aliphatic rings. The highest BCUT2D eigenvalue weighted by atomic mass is 16.2. The average molecular weight is 326 g/mol. The molecule has 0 spiro atoms. The molecular weight excluding hydrogens is 300 g/mol. The summed E-state index contributed by atoms with van der Waals surface area (Å²) >= 11 is 0. The number of hydrogen-bond acceptors (Lipinski definition) is 3. The summed E-state index contributed by atoms with van der Waals surface area (Å²) < 4.78 is 2.07. The number of aryl methyl sites for hydroxylation is 4. The molecule has 24 heavy (non-hydrogen) atoms. The normalized spacial score (nSPS) is 17.5. The van der Waals surface area contributed by atoms with Crippen molar-refractivity contribution >= 4 is 5.91 Å². The molecule has 1 aromatic heterocycles. The molecule has 1 aliphatic heterocycles. The minimum atomic E-state index is 0.168. The fourth-order valence-corrected chi connectivity index (χ4v) is 3.70. The van der Waals surface area contributed by atoms with Crippen molar-refractivity contribution in [2.75, 3.05) is 6.54 Å². The Morgan fingerprint density at radius 2 is 2.00 bits per heavy atom. The highest BCUT2D eigenvalue weighted by Gasteiger charge is 2.29. The van der Waals surface area contributed by atoms with E-state index >= 15 is 0 Å². The summed E-state index contributed by atoms with van der Waals surface area (Å²) in [5.41, 5.74) is 3.10. The van der Waals surface area contributed by atoms with Gasteiger partial charge in [-0.1, -0.05) is 17.2 Å². The van der Waals surface area contributed by atoms with Crippen molar-refractivity contribution in [3.63, 3.8) is 0 Å².